The summed E-state index contributed by atoms with van der Waals surface area (Å²) < 4.78 is 0. The van der Waals surface area contributed by atoms with Crippen molar-refractivity contribution in [2.24, 2.45) is 5.92 Å². The number of carbonyl (C=O) groups is 2. The molecular formula is C15H19NO3. The van der Waals surface area contributed by atoms with Gasteiger partial charge in [0.2, 0.25) is 5.91 Å². The molecule has 1 N–H and O–H groups in total. The van der Waals surface area contributed by atoms with Crippen LogP contribution in [0.15, 0.2) is 18.2 Å². The number of fused-ring (bicyclic) bond motifs is 1. The van der Waals surface area contributed by atoms with Crippen LogP contribution in [0, 0.1) is 5.92 Å². The van der Waals surface area contributed by atoms with Crippen molar-refractivity contribution in [3.8, 4) is 0 Å². The number of amides is 1. The lowest BCUT2D eigenvalue weighted by Gasteiger charge is -2.20. The lowest BCUT2D eigenvalue weighted by molar-refractivity contribution is -0.137. The molecule has 1 unspecified atom stereocenters. The van der Waals surface area contributed by atoms with Crippen LogP contribution in [0.3, 0.4) is 0 Å². The maximum absolute atomic E-state index is 11.7. The zero-order valence-corrected chi connectivity index (χ0v) is 11.5. The minimum absolute atomic E-state index is 0.0104. The van der Waals surface area contributed by atoms with Crippen molar-refractivity contribution in [3.05, 3.63) is 29.3 Å². The quantitative estimate of drug-likeness (QED) is 0.905. The summed E-state index contributed by atoms with van der Waals surface area (Å²) in [6.07, 6.45) is 0.539. The summed E-state index contributed by atoms with van der Waals surface area (Å²) in [6, 6.07) is 5.86. The molecule has 4 heteroatoms. The largest absolute Gasteiger partial charge is 0.481 e. The fourth-order valence-electron chi connectivity index (χ4n) is 2.65. The van der Waals surface area contributed by atoms with Crippen LogP contribution in [-0.2, 0) is 16.0 Å². The molecule has 102 valence electrons. The summed E-state index contributed by atoms with van der Waals surface area (Å²) in [5.74, 6) is -0.452. The fraction of sp³-hybridized carbons (Fsp3) is 0.467. The summed E-state index contributed by atoms with van der Waals surface area (Å²) >= 11 is 0. The van der Waals surface area contributed by atoms with Gasteiger partial charge < -0.3 is 10.0 Å². The van der Waals surface area contributed by atoms with E-state index >= 15 is 0 Å². The first-order chi connectivity index (χ1) is 8.90. The number of likely N-dealkylation sites (N-methyl/N-ethyl adjacent to an activating group) is 1. The third kappa shape index (κ3) is 2.62. The molecule has 0 radical (unpaired) electrons. The number of carboxylic acid groups (broad SMARTS) is 1. The molecule has 1 aliphatic rings. The van der Waals surface area contributed by atoms with Gasteiger partial charge in [-0.25, -0.2) is 0 Å². The van der Waals surface area contributed by atoms with Crippen molar-refractivity contribution < 1.29 is 14.7 Å². The van der Waals surface area contributed by atoms with Crippen molar-refractivity contribution in [1.29, 1.82) is 0 Å². The van der Waals surface area contributed by atoms with Gasteiger partial charge in [0.1, 0.15) is 0 Å². The number of anilines is 1. The Morgan fingerprint density at radius 2 is 2.11 bits per heavy atom. The fourth-order valence-corrected chi connectivity index (χ4v) is 2.65. The van der Waals surface area contributed by atoms with Crippen molar-refractivity contribution in [3.63, 3.8) is 0 Å². The summed E-state index contributed by atoms with van der Waals surface area (Å²) in [4.78, 5) is 24.3. The Kier molecular flexibility index (Phi) is 3.60. The van der Waals surface area contributed by atoms with Crippen LogP contribution < -0.4 is 4.90 Å². The summed E-state index contributed by atoms with van der Waals surface area (Å²) in [5, 5.41) is 9.01. The molecule has 0 saturated carbocycles. The number of carbonyl (C=O) groups excluding carboxylic acids is 1. The summed E-state index contributed by atoms with van der Waals surface area (Å²) in [5.41, 5.74) is 2.95. The van der Waals surface area contributed by atoms with Gasteiger partial charge in [0.15, 0.2) is 0 Å². The first kappa shape index (κ1) is 13.6. The van der Waals surface area contributed by atoms with Crippen LogP contribution >= 0.6 is 0 Å². The Morgan fingerprint density at radius 1 is 1.42 bits per heavy atom. The predicted molar refractivity (Wildman–Crippen MR) is 73.4 cm³/mol. The number of hydrogen-bond acceptors (Lipinski definition) is 2. The Balaban J connectivity index is 2.33. The number of aliphatic carboxylic acids is 1. The maximum Gasteiger partial charge on any atom is 0.303 e. The maximum atomic E-state index is 11.7. The van der Waals surface area contributed by atoms with E-state index in [1.165, 1.54) is 0 Å². The summed E-state index contributed by atoms with van der Waals surface area (Å²) in [6.45, 7) is 4.05. The van der Waals surface area contributed by atoms with Crippen molar-refractivity contribution in [2.45, 2.75) is 32.6 Å². The molecule has 0 aromatic heterocycles. The van der Waals surface area contributed by atoms with E-state index in [-0.39, 0.29) is 24.2 Å². The minimum Gasteiger partial charge on any atom is -0.481 e. The second-order valence-corrected chi connectivity index (χ2v) is 5.47. The standard InChI is InChI=1S/C15H19NO3/c1-9(2)12(8-15(18)19)10-4-5-13-11(6-10)7-14(17)16(13)3/h4-6,9,12H,7-8H2,1-3H3,(H,18,19). The topological polar surface area (TPSA) is 57.6 Å². The molecule has 1 heterocycles. The molecule has 0 bridgehead atoms. The minimum atomic E-state index is -0.785. The Bertz CT molecular complexity index is 522. The Hall–Kier alpha value is -1.84. The van der Waals surface area contributed by atoms with Gasteiger partial charge in [0, 0.05) is 12.7 Å². The van der Waals surface area contributed by atoms with Gasteiger partial charge in [-0.2, -0.15) is 0 Å². The first-order valence-corrected chi connectivity index (χ1v) is 6.51. The predicted octanol–water partition coefficient (Wildman–Crippen LogP) is 2.42. The van der Waals surface area contributed by atoms with E-state index in [9.17, 15) is 9.59 Å². The molecule has 0 saturated heterocycles. The molecule has 1 amide bonds. The summed E-state index contributed by atoms with van der Waals surface area (Å²) in [7, 11) is 1.77. The molecule has 1 aromatic carbocycles. The van der Waals surface area contributed by atoms with Gasteiger partial charge in [-0.15, -0.1) is 0 Å². The first-order valence-electron chi connectivity index (χ1n) is 6.51. The van der Waals surface area contributed by atoms with Crippen molar-refractivity contribution in [2.75, 3.05) is 11.9 Å². The molecule has 4 nitrogen and oxygen atoms in total. The smallest absolute Gasteiger partial charge is 0.303 e. The Morgan fingerprint density at radius 3 is 2.68 bits per heavy atom. The van der Waals surface area contributed by atoms with Gasteiger partial charge in [-0.3, -0.25) is 9.59 Å². The van der Waals surface area contributed by atoms with Crippen LogP contribution in [0.4, 0.5) is 5.69 Å². The number of carboxylic acids is 1. The zero-order chi connectivity index (χ0) is 14.2. The van der Waals surface area contributed by atoms with E-state index in [4.69, 9.17) is 5.11 Å². The van der Waals surface area contributed by atoms with Crippen molar-refractivity contribution >= 4 is 17.6 Å². The second kappa shape index (κ2) is 5.03. The molecule has 1 aromatic rings. The van der Waals surface area contributed by atoms with Crippen LogP contribution in [0.5, 0.6) is 0 Å². The second-order valence-electron chi connectivity index (χ2n) is 5.47. The molecule has 0 aliphatic carbocycles. The van der Waals surface area contributed by atoms with E-state index in [0.717, 1.165) is 16.8 Å². The molecule has 19 heavy (non-hydrogen) atoms. The van der Waals surface area contributed by atoms with Crippen LogP contribution in [-0.4, -0.2) is 24.0 Å². The molecule has 2 rings (SSSR count). The number of benzene rings is 1. The molecule has 1 aliphatic heterocycles. The number of nitrogens with zero attached hydrogens (tertiary/aromatic N) is 1. The third-order valence-electron chi connectivity index (χ3n) is 3.81. The molecule has 1 atom stereocenters. The van der Waals surface area contributed by atoms with Gasteiger partial charge in [-0.05, 0) is 29.0 Å². The average Bonchev–Trinajstić information content (AvgIpc) is 2.61. The zero-order valence-electron chi connectivity index (χ0n) is 11.5. The third-order valence-corrected chi connectivity index (χ3v) is 3.81. The van der Waals surface area contributed by atoms with Crippen molar-refractivity contribution in [1.82, 2.24) is 0 Å². The monoisotopic (exact) mass is 261 g/mol. The lowest BCUT2D eigenvalue weighted by atomic mass is 9.85. The number of hydrogen-bond donors (Lipinski definition) is 1. The average molecular weight is 261 g/mol. The van der Waals surface area contributed by atoms with Crippen LogP contribution in [0.2, 0.25) is 0 Å². The van der Waals surface area contributed by atoms with Crippen LogP contribution in [0.1, 0.15) is 37.3 Å². The molecule has 0 fully saturated rings. The highest BCUT2D eigenvalue weighted by Crippen LogP contribution is 2.34. The highest BCUT2D eigenvalue weighted by atomic mass is 16.4. The SMILES string of the molecule is CC(C)C(CC(=O)O)c1ccc2c(c1)CC(=O)N2C. The van der Waals surface area contributed by atoms with Crippen LogP contribution in [0.25, 0.3) is 0 Å². The highest BCUT2D eigenvalue weighted by molar-refractivity contribution is 6.00. The molecule has 0 spiro atoms. The van der Waals surface area contributed by atoms with E-state index in [1.807, 2.05) is 32.0 Å². The van der Waals surface area contributed by atoms with E-state index in [2.05, 4.69) is 0 Å². The van der Waals surface area contributed by atoms with Gasteiger partial charge in [0.05, 0.1) is 12.8 Å². The normalized spacial score (nSPS) is 15.8. The van der Waals surface area contributed by atoms with E-state index < -0.39 is 5.97 Å². The number of rotatable bonds is 4. The molecular weight excluding hydrogens is 242 g/mol. The van der Waals surface area contributed by atoms with Gasteiger partial charge in [-0.1, -0.05) is 26.0 Å². The van der Waals surface area contributed by atoms with E-state index in [1.54, 1.807) is 11.9 Å². The Labute approximate surface area is 113 Å². The lowest BCUT2D eigenvalue weighted by Crippen LogP contribution is -2.20. The van der Waals surface area contributed by atoms with Gasteiger partial charge >= 0.3 is 5.97 Å². The van der Waals surface area contributed by atoms with E-state index in [0.29, 0.717) is 6.42 Å². The van der Waals surface area contributed by atoms with Gasteiger partial charge in [0.25, 0.3) is 0 Å². The highest BCUT2D eigenvalue weighted by Gasteiger charge is 2.26.